The van der Waals surface area contributed by atoms with Crippen molar-refractivity contribution in [2.24, 2.45) is 0 Å². The zero-order chi connectivity index (χ0) is 14.3. The largest absolute Gasteiger partial charge is 0.465 e. The molecule has 0 spiro atoms. The van der Waals surface area contributed by atoms with Crippen LogP contribution in [0.25, 0.3) is 0 Å². The van der Waals surface area contributed by atoms with Crippen molar-refractivity contribution in [1.29, 1.82) is 0 Å². The van der Waals surface area contributed by atoms with Gasteiger partial charge in [-0.2, -0.15) is 5.10 Å². The maximum atomic E-state index is 12.3. The molecule has 1 unspecified atom stereocenters. The number of carbonyl (C=O) groups is 2. The SMILES string of the molecule is CCCN(CC(=O)OCC)C(=O)C(C)n1cccn1. The first kappa shape index (κ1) is 15.2. The van der Waals surface area contributed by atoms with Crippen molar-refractivity contribution >= 4 is 11.9 Å². The van der Waals surface area contributed by atoms with E-state index in [-0.39, 0.29) is 18.4 Å². The van der Waals surface area contributed by atoms with Crippen LogP contribution in [-0.2, 0) is 14.3 Å². The fraction of sp³-hybridized carbons (Fsp3) is 0.615. The smallest absolute Gasteiger partial charge is 0.325 e. The summed E-state index contributed by atoms with van der Waals surface area (Å²) >= 11 is 0. The van der Waals surface area contributed by atoms with Crippen molar-refractivity contribution in [2.45, 2.75) is 33.2 Å². The number of esters is 1. The highest BCUT2D eigenvalue weighted by molar-refractivity contribution is 5.84. The van der Waals surface area contributed by atoms with Crippen molar-refractivity contribution in [3.05, 3.63) is 18.5 Å². The molecule has 0 fully saturated rings. The Bertz CT molecular complexity index is 403. The molecule has 1 atom stereocenters. The fourth-order valence-electron chi connectivity index (χ4n) is 1.79. The van der Waals surface area contributed by atoms with E-state index in [2.05, 4.69) is 5.10 Å². The number of carbonyl (C=O) groups excluding carboxylic acids is 2. The van der Waals surface area contributed by atoms with Crippen molar-refractivity contribution in [3.63, 3.8) is 0 Å². The first-order chi connectivity index (χ1) is 9.10. The molecule has 6 nitrogen and oxygen atoms in total. The summed E-state index contributed by atoms with van der Waals surface area (Å²) in [7, 11) is 0. The molecule has 1 heterocycles. The Morgan fingerprint density at radius 2 is 2.16 bits per heavy atom. The minimum absolute atomic E-state index is 0.00782. The van der Waals surface area contributed by atoms with Gasteiger partial charge >= 0.3 is 5.97 Å². The molecule has 1 aromatic heterocycles. The van der Waals surface area contributed by atoms with Crippen LogP contribution < -0.4 is 0 Å². The van der Waals surface area contributed by atoms with Gasteiger partial charge in [-0.25, -0.2) is 0 Å². The Morgan fingerprint density at radius 3 is 2.68 bits per heavy atom. The van der Waals surface area contributed by atoms with E-state index < -0.39 is 6.04 Å². The molecular weight excluding hydrogens is 246 g/mol. The average Bonchev–Trinajstić information content (AvgIpc) is 2.90. The molecule has 0 radical (unpaired) electrons. The number of ether oxygens (including phenoxy) is 1. The summed E-state index contributed by atoms with van der Waals surface area (Å²) in [4.78, 5) is 25.4. The van der Waals surface area contributed by atoms with Crippen LogP contribution in [0.3, 0.4) is 0 Å². The third-order valence-electron chi connectivity index (χ3n) is 2.71. The first-order valence-corrected chi connectivity index (χ1v) is 6.53. The molecule has 1 aromatic rings. The van der Waals surface area contributed by atoms with Crippen LogP contribution in [0.5, 0.6) is 0 Å². The molecule has 1 rings (SSSR count). The lowest BCUT2D eigenvalue weighted by atomic mass is 10.2. The number of amides is 1. The second-order valence-corrected chi connectivity index (χ2v) is 4.23. The molecule has 1 amide bonds. The van der Waals surface area contributed by atoms with Crippen LogP contribution >= 0.6 is 0 Å². The van der Waals surface area contributed by atoms with Crippen molar-refractivity contribution in [1.82, 2.24) is 14.7 Å². The molecular formula is C13H21N3O3. The minimum Gasteiger partial charge on any atom is -0.465 e. The quantitative estimate of drug-likeness (QED) is 0.697. The van der Waals surface area contributed by atoms with Gasteiger partial charge in [0.2, 0.25) is 5.91 Å². The highest BCUT2D eigenvalue weighted by Crippen LogP contribution is 2.09. The van der Waals surface area contributed by atoms with Crippen LogP contribution in [0.4, 0.5) is 0 Å². The predicted molar refractivity (Wildman–Crippen MR) is 70.4 cm³/mol. The molecule has 0 aromatic carbocycles. The summed E-state index contributed by atoms with van der Waals surface area (Å²) < 4.78 is 6.46. The molecule has 19 heavy (non-hydrogen) atoms. The number of rotatable bonds is 7. The van der Waals surface area contributed by atoms with Gasteiger partial charge in [-0.1, -0.05) is 6.92 Å². The molecule has 0 bridgehead atoms. The third-order valence-corrected chi connectivity index (χ3v) is 2.71. The van der Waals surface area contributed by atoms with E-state index >= 15 is 0 Å². The van der Waals surface area contributed by atoms with Crippen LogP contribution in [-0.4, -0.2) is 46.3 Å². The third kappa shape index (κ3) is 4.39. The Kier molecular flexibility index (Phi) is 6.05. The Morgan fingerprint density at radius 1 is 1.42 bits per heavy atom. The highest BCUT2D eigenvalue weighted by atomic mass is 16.5. The maximum Gasteiger partial charge on any atom is 0.325 e. The van der Waals surface area contributed by atoms with Crippen LogP contribution in [0.15, 0.2) is 18.5 Å². The molecule has 0 saturated heterocycles. The number of aromatic nitrogens is 2. The van der Waals surface area contributed by atoms with E-state index in [4.69, 9.17) is 4.74 Å². The van der Waals surface area contributed by atoms with Gasteiger partial charge in [0, 0.05) is 18.9 Å². The summed E-state index contributed by atoms with van der Waals surface area (Å²) in [6, 6.07) is 1.34. The van der Waals surface area contributed by atoms with Gasteiger partial charge in [0.1, 0.15) is 12.6 Å². The van der Waals surface area contributed by atoms with E-state index in [1.54, 1.807) is 37.0 Å². The van der Waals surface area contributed by atoms with Crippen molar-refractivity contribution < 1.29 is 14.3 Å². The summed E-state index contributed by atoms with van der Waals surface area (Å²) in [6.45, 7) is 6.32. The van der Waals surface area contributed by atoms with Gasteiger partial charge in [-0.15, -0.1) is 0 Å². The maximum absolute atomic E-state index is 12.3. The summed E-state index contributed by atoms with van der Waals surface area (Å²) in [5.41, 5.74) is 0. The normalized spacial score (nSPS) is 11.9. The van der Waals surface area contributed by atoms with E-state index in [0.29, 0.717) is 13.2 Å². The Labute approximate surface area is 113 Å². The molecule has 0 aliphatic carbocycles. The zero-order valence-electron chi connectivity index (χ0n) is 11.7. The first-order valence-electron chi connectivity index (χ1n) is 6.53. The van der Waals surface area contributed by atoms with Gasteiger partial charge in [0.15, 0.2) is 0 Å². The number of nitrogens with zero attached hydrogens (tertiary/aromatic N) is 3. The second-order valence-electron chi connectivity index (χ2n) is 4.23. The Balaban J connectivity index is 2.69. The molecule has 0 aliphatic heterocycles. The Hall–Kier alpha value is -1.85. The summed E-state index contributed by atoms with van der Waals surface area (Å²) in [5, 5.41) is 4.05. The van der Waals surface area contributed by atoms with E-state index in [0.717, 1.165) is 6.42 Å². The lowest BCUT2D eigenvalue weighted by molar-refractivity contribution is -0.150. The topological polar surface area (TPSA) is 64.4 Å². The molecule has 0 aliphatic rings. The standard InChI is InChI=1S/C13H21N3O3/c1-4-8-15(10-12(17)19-5-2)13(18)11(3)16-9-6-7-14-16/h6-7,9,11H,4-5,8,10H2,1-3H3. The van der Waals surface area contributed by atoms with Gasteiger partial charge in [-0.3, -0.25) is 14.3 Å². The van der Waals surface area contributed by atoms with Gasteiger partial charge < -0.3 is 9.64 Å². The summed E-state index contributed by atoms with van der Waals surface area (Å²) in [6.07, 6.45) is 4.15. The van der Waals surface area contributed by atoms with Gasteiger partial charge in [0.05, 0.1) is 6.61 Å². The van der Waals surface area contributed by atoms with Gasteiger partial charge in [0.25, 0.3) is 0 Å². The monoisotopic (exact) mass is 267 g/mol. The number of hydrogen-bond donors (Lipinski definition) is 0. The van der Waals surface area contributed by atoms with Crippen molar-refractivity contribution in [3.8, 4) is 0 Å². The lowest BCUT2D eigenvalue weighted by Gasteiger charge is -2.24. The van der Waals surface area contributed by atoms with E-state index in [9.17, 15) is 9.59 Å². The molecule has 0 N–H and O–H groups in total. The van der Waals surface area contributed by atoms with Gasteiger partial charge in [-0.05, 0) is 26.3 Å². The van der Waals surface area contributed by atoms with Crippen LogP contribution in [0, 0.1) is 0 Å². The molecule has 0 saturated carbocycles. The van der Waals surface area contributed by atoms with Crippen molar-refractivity contribution in [2.75, 3.05) is 19.7 Å². The fourth-order valence-corrected chi connectivity index (χ4v) is 1.79. The van der Waals surface area contributed by atoms with Crippen LogP contribution in [0.1, 0.15) is 33.2 Å². The summed E-state index contributed by atoms with van der Waals surface area (Å²) in [5.74, 6) is -0.504. The van der Waals surface area contributed by atoms with E-state index in [1.807, 2.05) is 6.92 Å². The predicted octanol–water partition coefficient (Wildman–Crippen LogP) is 1.25. The van der Waals surface area contributed by atoms with Crippen LogP contribution in [0.2, 0.25) is 0 Å². The minimum atomic E-state index is -0.420. The van der Waals surface area contributed by atoms with E-state index in [1.165, 1.54) is 4.90 Å². The lowest BCUT2D eigenvalue weighted by Crippen LogP contribution is -2.40. The average molecular weight is 267 g/mol. The number of hydrogen-bond acceptors (Lipinski definition) is 4. The highest BCUT2D eigenvalue weighted by Gasteiger charge is 2.23. The molecule has 6 heteroatoms. The second kappa shape index (κ2) is 7.56. The molecule has 106 valence electrons. The zero-order valence-corrected chi connectivity index (χ0v) is 11.7.